The molecule has 0 radical (unpaired) electrons. The Bertz CT molecular complexity index is 665. The van der Waals surface area contributed by atoms with E-state index in [0.717, 1.165) is 36.0 Å². The average Bonchev–Trinajstić information content (AvgIpc) is 3.04. The molecule has 0 spiro atoms. The molecule has 1 aliphatic heterocycles. The summed E-state index contributed by atoms with van der Waals surface area (Å²) in [7, 11) is 2.02. The molecular weight excluding hydrogens is 396 g/mol. The Kier molecular flexibility index (Phi) is 5.38. The highest BCUT2D eigenvalue weighted by Crippen LogP contribution is 2.13. The van der Waals surface area contributed by atoms with Crippen molar-refractivity contribution in [1.29, 1.82) is 0 Å². The monoisotopic (exact) mass is 415 g/mol. The smallest absolute Gasteiger partial charge is 0.194 e. The number of halogens is 2. The Morgan fingerprint density at radius 1 is 1.27 bits per heavy atom. The summed E-state index contributed by atoms with van der Waals surface area (Å²) in [4.78, 5) is 6.50. The van der Waals surface area contributed by atoms with Gasteiger partial charge in [0, 0.05) is 31.9 Å². The van der Waals surface area contributed by atoms with Crippen LogP contribution in [0.15, 0.2) is 35.5 Å². The van der Waals surface area contributed by atoms with Gasteiger partial charge in [-0.1, -0.05) is 0 Å². The van der Waals surface area contributed by atoms with Crippen molar-refractivity contribution in [2.24, 2.45) is 4.99 Å². The quantitative estimate of drug-likeness (QED) is 0.783. The molecule has 0 aliphatic carbocycles. The van der Waals surface area contributed by atoms with Crippen molar-refractivity contribution in [2.75, 3.05) is 20.1 Å². The summed E-state index contributed by atoms with van der Waals surface area (Å²) in [6.45, 7) is 4.44. The minimum Gasteiger partial charge on any atom is -0.352 e. The molecule has 2 aromatic rings. The van der Waals surface area contributed by atoms with E-state index in [4.69, 9.17) is 0 Å². The predicted molar refractivity (Wildman–Crippen MR) is 95.4 cm³/mol. The Labute approximate surface area is 146 Å². The van der Waals surface area contributed by atoms with Crippen molar-refractivity contribution >= 4 is 29.9 Å². The molecule has 2 heterocycles. The van der Waals surface area contributed by atoms with Crippen molar-refractivity contribution in [3.05, 3.63) is 47.5 Å². The van der Waals surface area contributed by atoms with Crippen LogP contribution in [0.5, 0.6) is 0 Å². The van der Waals surface area contributed by atoms with E-state index in [2.05, 4.69) is 20.3 Å². The number of benzene rings is 1. The Hall–Kier alpha value is -1.64. The number of likely N-dealkylation sites (N-methyl/N-ethyl adjacent to an activating group) is 1. The van der Waals surface area contributed by atoms with E-state index in [1.807, 2.05) is 20.2 Å². The maximum Gasteiger partial charge on any atom is 0.194 e. The number of hydrogen-bond donors (Lipinski definition) is 1. The van der Waals surface area contributed by atoms with E-state index >= 15 is 0 Å². The highest BCUT2D eigenvalue weighted by Gasteiger charge is 2.13. The number of rotatable bonds is 3. The standard InChI is InChI=1S/C15H18FN5.HI/c1-11-12(9-18-15-17-7-8-20(15)2)10-21(19-11)14-5-3-13(16)4-6-14;/h3-6,10H,7-9H2,1-2H3,(H,17,18);1H. The minimum atomic E-state index is -0.244. The summed E-state index contributed by atoms with van der Waals surface area (Å²) >= 11 is 0. The van der Waals surface area contributed by atoms with E-state index < -0.39 is 0 Å². The molecule has 0 saturated heterocycles. The Balaban J connectivity index is 0.00000176. The van der Waals surface area contributed by atoms with Gasteiger partial charge in [-0.2, -0.15) is 5.10 Å². The van der Waals surface area contributed by atoms with Crippen LogP contribution in [0.2, 0.25) is 0 Å². The van der Waals surface area contributed by atoms with Crippen molar-refractivity contribution in [3.8, 4) is 5.69 Å². The van der Waals surface area contributed by atoms with E-state index in [1.54, 1.807) is 16.8 Å². The van der Waals surface area contributed by atoms with E-state index in [1.165, 1.54) is 12.1 Å². The number of hydrogen-bond acceptors (Lipinski definition) is 4. The summed E-state index contributed by atoms with van der Waals surface area (Å²) in [6.07, 6.45) is 1.96. The molecule has 0 unspecified atom stereocenters. The third kappa shape index (κ3) is 3.57. The van der Waals surface area contributed by atoms with Crippen molar-refractivity contribution < 1.29 is 4.39 Å². The molecule has 5 nitrogen and oxygen atoms in total. The van der Waals surface area contributed by atoms with Gasteiger partial charge < -0.3 is 10.2 Å². The van der Waals surface area contributed by atoms with Crippen molar-refractivity contribution in [1.82, 2.24) is 20.0 Å². The van der Waals surface area contributed by atoms with Crippen LogP contribution in [0.1, 0.15) is 11.3 Å². The highest BCUT2D eigenvalue weighted by atomic mass is 127. The van der Waals surface area contributed by atoms with Crippen LogP contribution in [0.4, 0.5) is 4.39 Å². The van der Waals surface area contributed by atoms with Gasteiger partial charge in [-0.05, 0) is 31.2 Å². The molecular formula is C15H19FIN5. The second-order valence-corrected chi connectivity index (χ2v) is 5.14. The van der Waals surface area contributed by atoms with Gasteiger partial charge in [0.25, 0.3) is 0 Å². The largest absolute Gasteiger partial charge is 0.352 e. The summed E-state index contributed by atoms with van der Waals surface area (Å²) in [5, 5.41) is 7.80. The first kappa shape index (κ1) is 16.7. The normalized spacial score (nSPS) is 13.8. The molecule has 0 amide bonds. The first-order valence-corrected chi connectivity index (χ1v) is 6.94. The molecule has 0 atom stereocenters. The molecule has 7 heteroatoms. The van der Waals surface area contributed by atoms with Crippen molar-refractivity contribution in [2.45, 2.75) is 13.5 Å². The van der Waals surface area contributed by atoms with E-state index in [9.17, 15) is 4.39 Å². The topological polar surface area (TPSA) is 45.5 Å². The van der Waals surface area contributed by atoms with E-state index in [0.29, 0.717) is 6.54 Å². The second kappa shape index (κ2) is 7.08. The number of aromatic nitrogens is 2. The van der Waals surface area contributed by atoms with Gasteiger partial charge in [0.15, 0.2) is 5.96 Å². The number of guanidine groups is 1. The third-order valence-corrected chi connectivity index (χ3v) is 3.59. The molecule has 0 fully saturated rings. The van der Waals surface area contributed by atoms with Gasteiger partial charge in [0.2, 0.25) is 0 Å². The maximum atomic E-state index is 13.0. The lowest BCUT2D eigenvalue weighted by Crippen LogP contribution is -2.35. The lowest BCUT2D eigenvalue weighted by Gasteiger charge is -2.14. The van der Waals surface area contributed by atoms with Crippen LogP contribution in [0, 0.1) is 12.7 Å². The number of aryl methyl sites for hydroxylation is 1. The third-order valence-electron chi connectivity index (χ3n) is 3.59. The van der Waals surface area contributed by atoms with Gasteiger partial charge >= 0.3 is 0 Å². The zero-order chi connectivity index (χ0) is 14.8. The fraction of sp³-hybridized carbons (Fsp3) is 0.333. The Morgan fingerprint density at radius 2 is 2.00 bits per heavy atom. The molecule has 1 aromatic heterocycles. The van der Waals surface area contributed by atoms with Gasteiger partial charge in [-0.15, -0.1) is 24.0 Å². The first-order chi connectivity index (χ1) is 10.1. The summed E-state index contributed by atoms with van der Waals surface area (Å²) in [6, 6.07) is 6.31. The predicted octanol–water partition coefficient (Wildman–Crippen LogP) is 2.33. The second-order valence-electron chi connectivity index (χ2n) is 5.14. The zero-order valence-electron chi connectivity index (χ0n) is 12.6. The van der Waals surface area contributed by atoms with Crippen LogP contribution in [0.25, 0.3) is 5.69 Å². The summed E-state index contributed by atoms with van der Waals surface area (Å²) < 4.78 is 14.7. The molecule has 118 valence electrons. The number of aliphatic imine (C=N–C) groups is 1. The molecule has 3 rings (SSSR count). The van der Waals surface area contributed by atoms with Gasteiger partial charge in [0.05, 0.1) is 17.9 Å². The summed E-state index contributed by atoms with van der Waals surface area (Å²) in [5.41, 5.74) is 2.90. The van der Waals surface area contributed by atoms with Crippen LogP contribution in [-0.4, -0.2) is 40.8 Å². The SMILES string of the molecule is Cc1nn(-c2ccc(F)cc2)cc1CNC1=NCCN1C.I. The van der Waals surface area contributed by atoms with Crippen LogP contribution in [-0.2, 0) is 6.54 Å². The molecule has 1 aliphatic rings. The maximum absolute atomic E-state index is 13.0. The average molecular weight is 415 g/mol. The zero-order valence-corrected chi connectivity index (χ0v) is 14.9. The lowest BCUT2D eigenvalue weighted by atomic mass is 10.2. The van der Waals surface area contributed by atoms with Gasteiger partial charge in [-0.25, -0.2) is 9.07 Å². The first-order valence-electron chi connectivity index (χ1n) is 6.94. The van der Waals surface area contributed by atoms with Crippen LogP contribution in [0.3, 0.4) is 0 Å². The molecule has 22 heavy (non-hydrogen) atoms. The fourth-order valence-corrected chi connectivity index (χ4v) is 2.29. The molecule has 1 N–H and O–H groups in total. The molecule has 1 aromatic carbocycles. The molecule has 0 bridgehead atoms. The van der Waals surface area contributed by atoms with Crippen LogP contribution >= 0.6 is 24.0 Å². The van der Waals surface area contributed by atoms with Gasteiger partial charge in [-0.3, -0.25) is 4.99 Å². The number of nitrogens with zero attached hydrogens (tertiary/aromatic N) is 4. The van der Waals surface area contributed by atoms with Crippen LogP contribution < -0.4 is 5.32 Å². The highest BCUT2D eigenvalue weighted by molar-refractivity contribution is 14.0. The van der Waals surface area contributed by atoms with Gasteiger partial charge in [0.1, 0.15) is 5.82 Å². The van der Waals surface area contributed by atoms with E-state index in [-0.39, 0.29) is 29.8 Å². The fourth-order valence-electron chi connectivity index (χ4n) is 2.29. The minimum absolute atomic E-state index is 0. The lowest BCUT2D eigenvalue weighted by molar-refractivity contribution is 0.534. The van der Waals surface area contributed by atoms with Crippen molar-refractivity contribution in [3.63, 3.8) is 0 Å². The number of nitrogens with one attached hydrogen (secondary N) is 1. The molecule has 0 saturated carbocycles. The Morgan fingerprint density at radius 3 is 2.64 bits per heavy atom. The summed E-state index contributed by atoms with van der Waals surface area (Å²) in [5.74, 6) is 0.677.